The largest absolute Gasteiger partial charge is 0.507 e. The van der Waals surface area contributed by atoms with Gasteiger partial charge in [0.15, 0.2) is 5.75 Å². The predicted octanol–water partition coefficient (Wildman–Crippen LogP) is 7.34. The number of fused-ring (bicyclic) bond motifs is 14. The van der Waals surface area contributed by atoms with Gasteiger partial charge in [0.2, 0.25) is 0 Å². The number of aromatic hydroxyl groups is 3. The minimum atomic E-state index is -2.07. The molecule has 7 rings (SSSR count). The second kappa shape index (κ2) is 20.9. The molecule has 0 aromatic heterocycles. The van der Waals surface area contributed by atoms with Crippen LogP contribution in [-0.2, 0) is 30.3 Å². The monoisotopic (exact) mass is 960 g/mol. The van der Waals surface area contributed by atoms with Crippen molar-refractivity contribution in [2.45, 2.75) is 118 Å². The molecule has 17 heteroatoms. The Bertz CT molecular complexity index is 2510. The number of piperazine rings is 1. The Balaban J connectivity index is 1.48. The molecule has 0 aliphatic carbocycles. The van der Waals surface area contributed by atoms with Crippen LogP contribution in [0.5, 0.6) is 23.0 Å². The number of hydrogen-bond donors (Lipinski definition) is 6. The van der Waals surface area contributed by atoms with E-state index in [4.69, 9.17) is 35.6 Å². The number of hydrazone groups is 1. The summed E-state index contributed by atoms with van der Waals surface area (Å²) in [5.74, 6) is -8.54. The normalized spacial score (nSPS) is 29.9. The molecule has 4 aliphatic heterocycles. The van der Waals surface area contributed by atoms with Gasteiger partial charge in [-0.15, -0.1) is 0 Å². The topological polar surface area (TPSA) is 220 Å². The lowest BCUT2D eigenvalue weighted by atomic mass is 9.78. The summed E-state index contributed by atoms with van der Waals surface area (Å²) in [6.45, 7) is 18.5. The van der Waals surface area contributed by atoms with E-state index in [1.807, 2.05) is 43.1 Å². The number of rotatable bonds is 6. The Labute approximate surface area is 402 Å². The number of carbonyl (C=O) groups excluding carboxylic acids is 3. The number of hydrogen-bond acceptors (Lipinski definition) is 15. The van der Waals surface area contributed by atoms with E-state index in [-0.39, 0.29) is 56.6 Å². The summed E-state index contributed by atoms with van der Waals surface area (Å²) in [4.78, 5) is 43.4. The van der Waals surface area contributed by atoms with Crippen LogP contribution in [0.2, 0.25) is 5.02 Å². The summed E-state index contributed by atoms with van der Waals surface area (Å²) < 4.78 is 23.8. The molecular weight excluding hydrogens is 896 g/mol. The van der Waals surface area contributed by atoms with Crippen LogP contribution < -0.4 is 10.1 Å². The van der Waals surface area contributed by atoms with Crippen molar-refractivity contribution in [3.8, 4) is 23.0 Å². The van der Waals surface area contributed by atoms with Crippen LogP contribution in [-0.4, -0.2) is 122 Å². The zero-order chi connectivity index (χ0) is 50.1. The number of esters is 1. The van der Waals surface area contributed by atoms with E-state index in [0.29, 0.717) is 24.7 Å². The van der Waals surface area contributed by atoms with E-state index >= 15 is 0 Å². The number of Topliss-reactive ketones (excluding diaryl/α,β-unsaturated/α-hetero) is 1. The minimum absolute atomic E-state index is 0.0436. The fourth-order valence-electron chi connectivity index (χ4n) is 9.63. The summed E-state index contributed by atoms with van der Waals surface area (Å²) in [6, 6.07) is 7.40. The smallest absolute Gasteiger partial charge is 0.312 e. The highest BCUT2D eigenvalue weighted by Gasteiger charge is 2.50. The first kappa shape index (κ1) is 51.7. The Morgan fingerprint density at radius 2 is 1.57 bits per heavy atom. The third kappa shape index (κ3) is 10.3. The number of carbonyl (C=O) groups is 3. The number of phenols is 3. The van der Waals surface area contributed by atoms with Gasteiger partial charge in [0, 0.05) is 85.8 Å². The van der Waals surface area contributed by atoms with E-state index < -0.39 is 88.8 Å². The van der Waals surface area contributed by atoms with Crippen molar-refractivity contribution in [3.05, 3.63) is 87.7 Å². The van der Waals surface area contributed by atoms with Crippen LogP contribution in [0, 0.1) is 30.6 Å². The number of allylic oxidation sites excluding steroid dienone is 2. The van der Waals surface area contributed by atoms with Crippen molar-refractivity contribution in [2.75, 3.05) is 25.5 Å². The highest BCUT2D eigenvalue weighted by molar-refractivity contribution is 6.30. The Morgan fingerprint density at radius 1 is 0.926 bits per heavy atom. The second-order valence-corrected chi connectivity index (χ2v) is 19.2. The molecule has 0 radical (unpaired) electrons. The molecule has 1 saturated heterocycles. The fraction of sp³-hybridized carbons (Fsp3) is 0.490. The van der Waals surface area contributed by atoms with Gasteiger partial charge < -0.3 is 49.8 Å². The Hall–Kier alpha value is -5.65. The van der Waals surface area contributed by atoms with Crippen molar-refractivity contribution in [1.82, 2.24) is 9.91 Å². The van der Waals surface area contributed by atoms with Crippen LogP contribution >= 0.6 is 11.6 Å². The molecule has 11 atom stereocenters. The summed E-state index contributed by atoms with van der Waals surface area (Å²) in [5, 5.41) is 68.8. The number of methoxy groups -OCH3 is 1. The molecule has 0 spiro atoms. The van der Waals surface area contributed by atoms with Crippen molar-refractivity contribution < 1.29 is 58.9 Å². The molecular formula is C51H65ClN4O12. The van der Waals surface area contributed by atoms with E-state index in [0.717, 1.165) is 5.56 Å². The lowest BCUT2D eigenvalue weighted by molar-refractivity contribution is -0.160. The average Bonchev–Trinajstić information content (AvgIpc) is 3.55. The lowest BCUT2D eigenvalue weighted by Gasteiger charge is -2.42. The zero-order valence-corrected chi connectivity index (χ0v) is 41.2. The number of nitrogens with zero attached hydrogens (tertiary/aromatic N) is 3. The van der Waals surface area contributed by atoms with Crippen molar-refractivity contribution in [1.29, 1.82) is 0 Å². The average molecular weight is 962 g/mol. The number of aliphatic hydroxyl groups is 2. The number of halogens is 1. The summed E-state index contributed by atoms with van der Waals surface area (Å²) in [7, 11) is 1.44. The van der Waals surface area contributed by atoms with Crippen LogP contribution in [0.15, 0.2) is 65.5 Å². The molecule has 4 heterocycles. The van der Waals surface area contributed by atoms with Gasteiger partial charge >= 0.3 is 11.8 Å². The molecule has 1 amide bonds. The molecule has 0 saturated carbocycles. The van der Waals surface area contributed by atoms with E-state index in [1.54, 1.807) is 39.8 Å². The maximum atomic E-state index is 14.7. The van der Waals surface area contributed by atoms with E-state index in [1.165, 1.54) is 59.4 Å². The first-order valence-corrected chi connectivity index (χ1v) is 23.3. The molecule has 4 aliphatic rings. The number of nitrogens with one attached hydrogen (secondary N) is 1. The number of phenolic OH excluding ortho intramolecular Hbond substituents is 3. The van der Waals surface area contributed by atoms with Crippen molar-refractivity contribution >= 4 is 51.9 Å². The van der Waals surface area contributed by atoms with Crippen LogP contribution in [0.25, 0.3) is 10.8 Å². The molecule has 368 valence electrons. The second-order valence-electron chi connectivity index (χ2n) is 18.8. The van der Waals surface area contributed by atoms with Crippen molar-refractivity contribution in [2.24, 2.45) is 28.8 Å². The molecule has 3 aromatic carbocycles. The molecule has 1 fully saturated rings. The SMILES string of the molecule is CO[C@@H]1C=CO[C@@]2(C)Oc3c(C)c(O)c4c(O)c(c(C=NN5[C@H](C)CN(Cc6ccc(Cl)cc6)C[C@@H]5C)c(O)c4c3C2=O)NC(=O)C(C)=CC=C[C@H](C)[C@H](O)[C@H](C)[C@H](O)[C@H](C)[C@@H](OC(C)=O)[C@H]1C. The lowest BCUT2D eigenvalue weighted by Crippen LogP contribution is -2.54. The molecule has 5 bridgehead atoms. The third-order valence-electron chi connectivity index (χ3n) is 13.6. The van der Waals surface area contributed by atoms with Crippen molar-refractivity contribution in [3.63, 3.8) is 0 Å². The van der Waals surface area contributed by atoms with Gasteiger partial charge in [-0.2, -0.15) is 5.10 Å². The van der Waals surface area contributed by atoms with Crippen LogP contribution in [0.4, 0.5) is 5.69 Å². The van der Waals surface area contributed by atoms with Gasteiger partial charge in [0.1, 0.15) is 23.4 Å². The van der Waals surface area contributed by atoms with Gasteiger partial charge in [-0.25, -0.2) is 0 Å². The zero-order valence-electron chi connectivity index (χ0n) is 40.5. The standard InChI is InChI=1S/C51H65ClN4O12/c1-25-13-12-14-26(2)50(64)54-41-36(21-53-56-27(3)22-55(23-28(56)4)24-34-15-17-35(52)18-16-34)45(61)38-39(46(41)62)44(60)32(8)48-40(38)49(63)51(10,68-48)66-20-19-37(65-11)29(5)47(67-33(9)57)31(7)43(59)30(6)42(25)58/h12-21,25,27-31,37,42-43,47,58-62H,22-24H2,1-11H3,(H,54,64)/t25-,27-,28+,29-,30-,31-,37+,42-,43-,47-,51-/m0/s1. The minimum Gasteiger partial charge on any atom is -0.507 e. The van der Waals surface area contributed by atoms with E-state index in [2.05, 4.69) is 10.2 Å². The fourth-order valence-corrected chi connectivity index (χ4v) is 9.75. The molecule has 6 N–H and O–H groups in total. The number of amides is 1. The maximum absolute atomic E-state index is 14.7. The maximum Gasteiger partial charge on any atom is 0.312 e. The van der Waals surface area contributed by atoms with Gasteiger partial charge in [-0.05, 0) is 51.5 Å². The van der Waals surface area contributed by atoms with E-state index in [9.17, 15) is 39.9 Å². The number of anilines is 1. The molecule has 0 unspecified atom stereocenters. The van der Waals surface area contributed by atoms with Crippen LogP contribution in [0.1, 0.15) is 89.4 Å². The van der Waals surface area contributed by atoms with Gasteiger partial charge in [-0.1, -0.05) is 69.7 Å². The highest BCUT2D eigenvalue weighted by Crippen LogP contribution is 2.55. The number of ketones is 1. The van der Waals surface area contributed by atoms with Gasteiger partial charge in [0.25, 0.3) is 11.7 Å². The van der Waals surface area contributed by atoms with Gasteiger partial charge in [0.05, 0.1) is 65.1 Å². The number of benzene rings is 3. The van der Waals surface area contributed by atoms with Crippen LogP contribution in [0.3, 0.4) is 0 Å². The highest BCUT2D eigenvalue weighted by atomic mass is 35.5. The number of ether oxygens (including phenoxy) is 4. The molecule has 68 heavy (non-hydrogen) atoms. The quantitative estimate of drug-likeness (QED) is 0.0617. The molecule has 3 aromatic rings. The summed E-state index contributed by atoms with van der Waals surface area (Å²) >= 11 is 6.12. The Morgan fingerprint density at radius 3 is 2.19 bits per heavy atom. The summed E-state index contributed by atoms with van der Waals surface area (Å²) in [6.07, 6.45) is 4.83. The number of aliphatic hydroxyl groups excluding tert-OH is 2. The predicted molar refractivity (Wildman–Crippen MR) is 259 cm³/mol. The third-order valence-corrected chi connectivity index (χ3v) is 13.9. The first-order chi connectivity index (χ1) is 32.0. The first-order valence-electron chi connectivity index (χ1n) is 22.9. The molecule has 16 nitrogen and oxygen atoms in total. The van der Waals surface area contributed by atoms with Gasteiger partial charge in [-0.3, -0.25) is 24.3 Å². The summed E-state index contributed by atoms with van der Waals surface area (Å²) in [5.41, 5.74) is 0.664. The Kier molecular flexibility index (Phi) is 15.9.